The molecule has 0 spiro atoms. The van der Waals surface area contributed by atoms with Gasteiger partial charge in [-0.15, -0.1) is 0 Å². The second-order valence-corrected chi connectivity index (χ2v) is 7.45. The van der Waals surface area contributed by atoms with E-state index >= 15 is 0 Å². The first-order valence-corrected chi connectivity index (χ1v) is 9.72. The van der Waals surface area contributed by atoms with Gasteiger partial charge in [0, 0.05) is 43.0 Å². The largest absolute Gasteiger partial charge is 0.464 e. The highest BCUT2D eigenvalue weighted by Crippen LogP contribution is 2.25. The van der Waals surface area contributed by atoms with Crippen LogP contribution in [0.15, 0.2) is 28.9 Å². The van der Waals surface area contributed by atoms with Crippen molar-refractivity contribution in [2.24, 2.45) is 0 Å². The van der Waals surface area contributed by atoms with Gasteiger partial charge in [0.25, 0.3) is 0 Å². The van der Waals surface area contributed by atoms with Crippen molar-refractivity contribution < 1.29 is 14.0 Å². The van der Waals surface area contributed by atoms with Gasteiger partial charge < -0.3 is 14.2 Å². The molecule has 5 nitrogen and oxygen atoms in total. The number of hydrogen-bond acceptors (Lipinski definition) is 3. The van der Waals surface area contributed by atoms with E-state index in [1.165, 1.54) is 5.56 Å². The summed E-state index contributed by atoms with van der Waals surface area (Å²) in [4.78, 5) is 28.8. The molecule has 0 aliphatic carbocycles. The molecule has 4 rings (SSSR count). The predicted octanol–water partition coefficient (Wildman–Crippen LogP) is 3.15. The molecule has 0 saturated carbocycles. The molecular formula is C21H26N2O3. The summed E-state index contributed by atoms with van der Waals surface area (Å²) in [5, 5.41) is 1.04. The molecule has 0 N–H and O–H groups in total. The molecule has 2 saturated heterocycles. The summed E-state index contributed by atoms with van der Waals surface area (Å²) < 4.78 is 5.63. The van der Waals surface area contributed by atoms with Gasteiger partial charge in [-0.05, 0) is 43.4 Å². The molecule has 5 heteroatoms. The highest BCUT2D eigenvalue weighted by atomic mass is 16.3. The average Bonchev–Trinajstić information content (AvgIpc) is 3.27. The van der Waals surface area contributed by atoms with E-state index in [0.29, 0.717) is 19.4 Å². The minimum Gasteiger partial charge on any atom is -0.464 e. The number of carbonyl (C=O) groups is 2. The minimum absolute atomic E-state index is 0.131. The summed E-state index contributed by atoms with van der Waals surface area (Å²) in [6.45, 7) is 4.42. The van der Waals surface area contributed by atoms with Crippen LogP contribution in [-0.4, -0.2) is 47.3 Å². The van der Waals surface area contributed by atoms with E-state index in [2.05, 4.69) is 19.1 Å². The molecule has 2 aliphatic heterocycles. The van der Waals surface area contributed by atoms with E-state index in [1.807, 2.05) is 15.9 Å². The van der Waals surface area contributed by atoms with Gasteiger partial charge in [-0.3, -0.25) is 9.59 Å². The summed E-state index contributed by atoms with van der Waals surface area (Å²) in [5.41, 5.74) is 3.04. The number of likely N-dealkylation sites (tertiary alicyclic amines) is 2. The van der Waals surface area contributed by atoms with Crippen LogP contribution >= 0.6 is 0 Å². The van der Waals surface area contributed by atoms with Crippen molar-refractivity contribution in [3.05, 3.63) is 35.6 Å². The molecule has 3 heterocycles. The summed E-state index contributed by atoms with van der Waals surface area (Å²) in [5.74, 6) is 0.378. The van der Waals surface area contributed by atoms with E-state index in [4.69, 9.17) is 4.42 Å². The monoisotopic (exact) mass is 354 g/mol. The molecule has 0 radical (unpaired) electrons. The normalized spacial score (nSPS) is 21.0. The zero-order valence-electron chi connectivity index (χ0n) is 15.4. The number of hydrogen-bond donors (Lipinski definition) is 0. The lowest BCUT2D eigenvalue weighted by Crippen LogP contribution is -2.50. The molecule has 1 aromatic carbocycles. The van der Waals surface area contributed by atoms with Gasteiger partial charge in [0.15, 0.2) is 0 Å². The Balaban J connectivity index is 1.47. The smallest absolute Gasteiger partial charge is 0.227 e. The van der Waals surface area contributed by atoms with Crippen LogP contribution in [0.3, 0.4) is 0 Å². The molecular weight excluding hydrogens is 328 g/mol. The molecule has 2 aromatic rings. The first-order chi connectivity index (χ1) is 12.7. The quantitative estimate of drug-likeness (QED) is 0.847. The number of furan rings is 1. The van der Waals surface area contributed by atoms with Crippen LogP contribution in [0, 0.1) is 0 Å². The third-order valence-corrected chi connectivity index (χ3v) is 5.77. The maximum absolute atomic E-state index is 12.9. The number of aryl methyl sites for hydroxylation is 1. The van der Waals surface area contributed by atoms with Gasteiger partial charge in [0.05, 0.1) is 12.7 Å². The molecule has 1 unspecified atom stereocenters. The van der Waals surface area contributed by atoms with Crippen molar-refractivity contribution in [1.82, 2.24) is 9.80 Å². The van der Waals surface area contributed by atoms with Crippen LogP contribution in [0.25, 0.3) is 11.0 Å². The number of piperidine rings is 1. The molecule has 2 aliphatic rings. The van der Waals surface area contributed by atoms with E-state index in [-0.39, 0.29) is 17.9 Å². The Morgan fingerprint density at radius 1 is 1.27 bits per heavy atom. The fraction of sp³-hybridized carbons (Fsp3) is 0.524. The van der Waals surface area contributed by atoms with Crippen molar-refractivity contribution in [2.75, 3.05) is 19.6 Å². The maximum Gasteiger partial charge on any atom is 0.227 e. The Bertz CT molecular complexity index is 826. The fourth-order valence-electron chi connectivity index (χ4n) is 4.25. The number of rotatable bonds is 4. The van der Waals surface area contributed by atoms with Crippen LogP contribution in [-0.2, 0) is 22.4 Å². The Labute approximate surface area is 153 Å². The van der Waals surface area contributed by atoms with Crippen LogP contribution < -0.4 is 0 Å². The van der Waals surface area contributed by atoms with Crippen LogP contribution in [0.2, 0.25) is 0 Å². The van der Waals surface area contributed by atoms with Gasteiger partial charge in [0.1, 0.15) is 5.58 Å². The predicted molar refractivity (Wildman–Crippen MR) is 99.8 cm³/mol. The Hall–Kier alpha value is -2.30. The summed E-state index contributed by atoms with van der Waals surface area (Å²) in [6, 6.07) is 6.37. The lowest BCUT2D eigenvalue weighted by Gasteiger charge is -2.37. The first-order valence-electron chi connectivity index (χ1n) is 9.72. The first kappa shape index (κ1) is 17.1. The van der Waals surface area contributed by atoms with E-state index in [0.717, 1.165) is 55.3 Å². The van der Waals surface area contributed by atoms with Gasteiger partial charge in [0.2, 0.25) is 11.8 Å². The minimum atomic E-state index is 0.131. The Morgan fingerprint density at radius 2 is 2.15 bits per heavy atom. The van der Waals surface area contributed by atoms with Gasteiger partial charge in [-0.25, -0.2) is 0 Å². The number of fused-ring (bicyclic) bond motifs is 1. The topological polar surface area (TPSA) is 53.8 Å². The van der Waals surface area contributed by atoms with Crippen LogP contribution in [0.4, 0.5) is 0 Å². The average molecular weight is 354 g/mol. The molecule has 26 heavy (non-hydrogen) atoms. The van der Waals surface area contributed by atoms with Crippen molar-refractivity contribution in [3.63, 3.8) is 0 Å². The van der Waals surface area contributed by atoms with Gasteiger partial charge >= 0.3 is 0 Å². The van der Waals surface area contributed by atoms with Crippen molar-refractivity contribution >= 4 is 22.8 Å². The fourth-order valence-corrected chi connectivity index (χ4v) is 4.25. The molecule has 2 fully saturated rings. The number of carbonyl (C=O) groups excluding carboxylic acids is 2. The number of benzene rings is 1. The molecule has 2 amide bonds. The maximum atomic E-state index is 12.9. The molecule has 138 valence electrons. The standard InChI is InChI=1S/C21H26N2O3/c1-2-15-7-8-19-18(11-15)16(14-26-19)12-21(25)22-9-3-5-17(13-22)23-10-4-6-20(23)24/h7-8,11,14,17H,2-6,9-10,12-13H2,1H3. The van der Waals surface area contributed by atoms with Gasteiger partial charge in [-0.2, -0.15) is 0 Å². The summed E-state index contributed by atoms with van der Waals surface area (Å²) in [6.07, 6.45) is 6.62. The van der Waals surface area contributed by atoms with Crippen molar-refractivity contribution in [3.8, 4) is 0 Å². The summed E-state index contributed by atoms with van der Waals surface area (Å²) >= 11 is 0. The van der Waals surface area contributed by atoms with Gasteiger partial charge in [-0.1, -0.05) is 13.0 Å². The Morgan fingerprint density at radius 3 is 2.92 bits per heavy atom. The number of nitrogens with zero attached hydrogens (tertiary/aromatic N) is 2. The molecule has 0 bridgehead atoms. The third kappa shape index (κ3) is 3.22. The van der Waals surface area contributed by atoms with Crippen LogP contribution in [0.5, 0.6) is 0 Å². The second-order valence-electron chi connectivity index (χ2n) is 7.45. The lowest BCUT2D eigenvalue weighted by molar-refractivity contribution is -0.137. The third-order valence-electron chi connectivity index (χ3n) is 5.77. The molecule has 1 aromatic heterocycles. The SMILES string of the molecule is CCc1ccc2occ(CC(=O)N3CCCC(N4CCCC4=O)C3)c2c1. The van der Waals surface area contributed by atoms with Crippen LogP contribution in [0.1, 0.15) is 43.7 Å². The van der Waals surface area contributed by atoms with E-state index in [9.17, 15) is 9.59 Å². The number of amides is 2. The van der Waals surface area contributed by atoms with E-state index in [1.54, 1.807) is 6.26 Å². The van der Waals surface area contributed by atoms with E-state index < -0.39 is 0 Å². The highest BCUT2D eigenvalue weighted by Gasteiger charge is 2.32. The zero-order chi connectivity index (χ0) is 18.1. The van der Waals surface area contributed by atoms with Crippen molar-refractivity contribution in [1.29, 1.82) is 0 Å². The summed E-state index contributed by atoms with van der Waals surface area (Å²) in [7, 11) is 0. The lowest BCUT2D eigenvalue weighted by atomic mass is 10.0. The Kier molecular flexibility index (Phi) is 4.70. The zero-order valence-corrected chi connectivity index (χ0v) is 15.4. The second kappa shape index (κ2) is 7.14. The van der Waals surface area contributed by atoms with Crippen molar-refractivity contribution in [2.45, 2.75) is 51.5 Å². The highest BCUT2D eigenvalue weighted by molar-refractivity contribution is 5.88. The molecule has 1 atom stereocenters.